The van der Waals surface area contributed by atoms with Crippen LogP contribution in [-0.2, 0) is 6.61 Å². The van der Waals surface area contributed by atoms with Crippen molar-refractivity contribution in [2.24, 2.45) is 0 Å². The van der Waals surface area contributed by atoms with E-state index < -0.39 is 0 Å². The van der Waals surface area contributed by atoms with Crippen LogP contribution in [0.2, 0.25) is 5.02 Å². The predicted octanol–water partition coefficient (Wildman–Crippen LogP) is 4.02. The third-order valence-electron chi connectivity index (χ3n) is 2.62. The molecule has 0 spiro atoms. The van der Waals surface area contributed by atoms with Gasteiger partial charge in [0.1, 0.15) is 12.4 Å². The predicted molar refractivity (Wildman–Crippen MR) is 83.4 cm³/mol. The molecule has 0 aliphatic rings. The lowest BCUT2D eigenvalue weighted by atomic mass is 10.2. The van der Waals surface area contributed by atoms with Gasteiger partial charge in [0.15, 0.2) is 0 Å². The SMILES string of the molecule is Cc1cc(Cl)ccc1OCc1ccc(C#CCCO)s1. The van der Waals surface area contributed by atoms with Crippen LogP contribution in [0.3, 0.4) is 0 Å². The van der Waals surface area contributed by atoms with E-state index >= 15 is 0 Å². The van der Waals surface area contributed by atoms with Crippen LogP contribution in [0.4, 0.5) is 0 Å². The molecular weight excluding hydrogens is 292 g/mol. The lowest BCUT2D eigenvalue weighted by molar-refractivity contribution is 0.305. The first-order chi connectivity index (χ1) is 9.69. The van der Waals surface area contributed by atoms with Gasteiger partial charge in [-0.05, 0) is 42.8 Å². The lowest BCUT2D eigenvalue weighted by Crippen LogP contribution is -1.94. The fourth-order valence-electron chi connectivity index (χ4n) is 1.65. The molecule has 0 bridgehead atoms. The van der Waals surface area contributed by atoms with Gasteiger partial charge in [-0.25, -0.2) is 0 Å². The number of halogens is 1. The van der Waals surface area contributed by atoms with Gasteiger partial charge >= 0.3 is 0 Å². The smallest absolute Gasteiger partial charge is 0.122 e. The van der Waals surface area contributed by atoms with Crippen LogP contribution in [0.25, 0.3) is 0 Å². The highest BCUT2D eigenvalue weighted by atomic mass is 35.5. The molecule has 2 rings (SSSR count). The van der Waals surface area contributed by atoms with Crippen molar-refractivity contribution in [1.82, 2.24) is 0 Å². The molecule has 0 saturated carbocycles. The van der Waals surface area contributed by atoms with Crippen LogP contribution in [0.15, 0.2) is 30.3 Å². The Morgan fingerprint density at radius 3 is 2.90 bits per heavy atom. The maximum absolute atomic E-state index is 8.68. The second-order valence-electron chi connectivity index (χ2n) is 4.24. The topological polar surface area (TPSA) is 29.5 Å². The summed E-state index contributed by atoms with van der Waals surface area (Å²) >= 11 is 7.52. The van der Waals surface area contributed by atoms with Crippen LogP contribution in [-0.4, -0.2) is 11.7 Å². The highest BCUT2D eigenvalue weighted by molar-refractivity contribution is 7.12. The van der Waals surface area contributed by atoms with E-state index in [1.807, 2.05) is 37.3 Å². The number of benzene rings is 1. The highest BCUT2D eigenvalue weighted by Crippen LogP contribution is 2.24. The molecule has 0 aliphatic carbocycles. The van der Waals surface area contributed by atoms with Gasteiger partial charge in [-0.3, -0.25) is 0 Å². The third-order valence-corrected chi connectivity index (χ3v) is 3.83. The summed E-state index contributed by atoms with van der Waals surface area (Å²) in [5.74, 6) is 6.77. The highest BCUT2D eigenvalue weighted by Gasteiger charge is 2.03. The lowest BCUT2D eigenvalue weighted by Gasteiger charge is -2.07. The molecule has 2 aromatic rings. The number of thiophene rings is 1. The number of hydrogen-bond acceptors (Lipinski definition) is 3. The summed E-state index contributed by atoms with van der Waals surface area (Å²) in [5, 5.41) is 9.39. The van der Waals surface area contributed by atoms with E-state index in [9.17, 15) is 0 Å². The Balaban J connectivity index is 1.96. The first-order valence-corrected chi connectivity index (χ1v) is 7.46. The van der Waals surface area contributed by atoms with Crippen LogP contribution in [0.5, 0.6) is 5.75 Å². The number of aliphatic hydroxyl groups is 1. The second kappa shape index (κ2) is 7.35. The van der Waals surface area contributed by atoms with Crippen molar-refractivity contribution in [1.29, 1.82) is 0 Å². The minimum atomic E-state index is 0.101. The molecule has 0 saturated heterocycles. The van der Waals surface area contributed by atoms with Crippen molar-refractivity contribution >= 4 is 22.9 Å². The molecule has 1 aromatic carbocycles. The molecule has 4 heteroatoms. The molecule has 20 heavy (non-hydrogen) atoms. The summed E-state index contributed by atoms with van der Waals surface area (Å²) < 4.78 is 5.78. The summed E-state index contributed by atoms with van der Waals surface area (Å²) in [6, 6.07) is 9.58. The summed E-state index contributed by atoms with van der Waals surface area (Å²) in [4.78, 5) is 2.11. The summed E-state index contributed by atoms with van der Waals surface area (Å²) in [5.41, 5.74) is 1.03. The minimum absolute atomic E-state index is 0.101. The Kier molecular flexibility index (Phi) is 5.49. The number of aryl methyl sites for hydroxylation is 1. The molecule has 0 amide bonds. The van der Waals surface area contributed by atoms with E-state index in [1.54, 1.807) is 11.3 Å². The van der Waals surface area contributed by atoms with Gasteiger partial charge in [-0.2, -0.15) is 0 Å². The zero-order chi connectivity index (χ0) is 14.4. The fourth-order valence-corrected chi connectivity index (χ4v) is 2.67. The molecule has 0 radical (unpaired) electrons. The normalized spacial score (nSPS) is 9.95. The summed E-state index contributed by atoms with van der Waals surface area (Å²) in [6.07, 6.45) is 0.508. The molecule has 0 fully saturated rings. The Hall–Kier alpha value is -1.47. The van der Waals surface area contributed by atoms with Crippen molar-refractivity contribution in [3.8, 4) is 17.6 Å². The van der Waals surface area contributed by atoms with Gasteiger partial charge in [-0.1, -0.05) is 23.4 Å². The van der Waals surface area contributed by atoms with Crippen molar-refractivity contribution < 1.29 is 9.84 Å². The standard InChI is InChI=1S/C16H15ClO2S/c1-12-10-13(17)5-8-16(12)19-11-15-7-6-14(20-15)4-2-3-9-18/h5-8,10,18H,3,9,11H2,1H3. The van der Waals surface area contributed by atoms with E-state index in [0.29, 0.717) is 18.1 Å². The number of hydrogen-bond donors (Lipinski definition) is 1. The average molecular weight is 307 g/mol. The maximum atomic E-state index is 8.68. The van der Waals surface area contributed by atoms with Crippen molar-refractivity contribution in [3.05, 3.63) is 50.7 Å². The Morgan fingerprint density at radius 1 is 1.30 bits per heavy atom. The molecule has 2 nitrogen and oxygen atoms in total. The first kappa shape index (κ1) is 14.9. The largest absolute Gasteiger partial charge is 0.488 e. The fraction of sp³-hybridized carbons (Fsp3) is 0.250. The van der Waals surface area contributed by atoms with E-state index in [4.69, 9.17) is 21.4 Å². The molecule has 0 atom stereocenters. The molecule has 1 N–H and O–H groups in total. The van der Waals surface area contributed by atoms with Gasteiger partial charge in [0.25, 0.3) is 0 Å². The van der Waals surface area contributed by atoms with Gasteiger partial charge < -0.3 is 9.84 Å². The zero-order valence-corrected chi connectivity index (χ0v) is 12.7. The van der Waals surface area contributed by atoms with Gasteiger partial charge in [0.2, 0.25) is 0 Å². The van der Waals surface area contributed by atoms with Crippen molar-refractivity contribution in [3.63, 3.8) is 0 Å². The Morgan fingerprint density at radius 2 is 2.15 bits per heavy atom. The number of ether oxygens (including phenoxy) is 1. The van der Waals surface area contributed by atoms with Crippen LogP contribution < -0.4 is 4.74 Å². The first-order valence-electron chi connectivity index (χ1n) is 6.26. The van der Waals surface area contributed by atoms with E-state index in [-0.39, 0.29) is 6.61 Å². The molecule has 1 heterocycles. The Labute approximate surface area is 128 Å². The quantitative estimate of drug-likeness (QED) is 0.864. The zero-order valence-electron chi connectivity index (χ0n) is 11.1. The van der Waals surface area contributed by atoms with Crippen LogP contribution in [0.1, 0.15) is 21.7 Å². The summed E-state index contributed by atoms with van der Waals surface area (Å²) in [6.45, 7) is 2.60. The Bertz CT molecular complexity index is 637. The van der Waals surface area contributed by atoms with E-state index in [0.717, 1.165) is 21.1 Å². The maximum Gasteiger partial charge on any atom is 0.122 e. The van der Waals surface area contributed by atoms with Crippen LogP contribution >= 0.6 is 22.9 Å². The molecule has 0 unspecified atom stereocenters. The monoisotopic (exact) mass is 306 g/mol. The van der Waals surface area contributed by atoms with E-state index in [2.05, 4.69) is 11.8 Å². The summed E-state index contributed by atoms with van der Waals surface area (Å²) in [7, 11) is 0. The molecular formula is C16H15ClO2S. The molecule has 104 valence electrons. The average Bonchev–Trinajstić information content (AvgIpc) is 2.86. The van der Waals surface area contributed by atoms with Crippen LogP contribution in [0, 0.1) is 18.8 Å². The second-order valence-corrected chi connectivity index (χ2v) is 5.84. The van der Waals surface area contributed by atoms with Crippen molar-refractivity contribution in [2.75, 3.05) is 6.61 Å². The molecule has 0 aliphatic heterocycles. The third kappa shape index (κ3) is 4.28. The minimum Gasteiger partial charge on any atom is -0.488 e. The van der Waals surface area contributed by atoms with Gasteiger partial charge in [0, 0.05) is 16.3 Å². The number of rotatable bonds is 4. The van der Waals surface area contributed by atoms with Gasteiger partial charge in [-0.15, -0.1) is 11.3 Å². The number of aliphatic hydroxyl groups excluding tert-OH is 1. The van der Waals surface area contributed by atoms with Gasteiger partial charge in [0.05, 0.1) is 11.5 Å². The molecule has 1 aromatic heterocycles. The van der Waals surface area contributed by atoms with E-state index in [1.165, 1.54) is 0 Å². The van der Waals surface area contributed by atoms with Crippen molar-refractivity contribution in [2.45, 2.75) is 20.0 Å².